The number of carbonyl (C=O) groups is 2. The van der Waals surface area contributed by atoms with Gasteiger partial charge in [0.2, 0.25) is 0 Å². The minimum absolute atomic E-state index is 0.0336. The zero-order valence-corrected chi connectivity index (χ0v) is 49.4. The maximum atomic E-state index is 12.8. The molecule has 0 saturated heterocycles. The smallest absolute Gasteiger partial charge is 0.306 e. The van der Waals surface area contributed by atoms with Crippen LogP contribution in [0.25, 0.3) is 0 Å². The molecule has 0 N–H and O–H groups in total. The molecule has 0 saturated carbocycles. The van der Waals surface area contributed by atoms with Gasteiger partial charge in [0.05, 0.1) is 27.7 Å². The normalized spacial score (nSPS) is 13.9. The zero-order chi connectivity index (χ0) is 54.2. The quantitative estimate of drug-likeness (QED) is 0.0195. The molecule has 0 fully saturated rings. The van der Waals surface area contributed by atoms with E-state index < -0.39 is 26.5 Å². The van der Waals surface area contributed by atoms with Crippen molar-refractivity contribution in [1.29, 1.82) is 0 Å². The highest BCUT2D eigenvalue weighted by molar-refractivity contribution is 7.45. The summed E-state index contributed by atoms with van der Waals surface area (Å²) in [6.45, 7) is 4.13. The first-order valence-electron chi connectivity index (χ1n) is 30.3. The molecule has 0 aliphatic heterocycles. The third-order valence-corrected chi connectivity index (χ3v) is 13.9. The third kappa shape index (κ3) is 58.5. The molecule has 0 bridgehead atoms. The average molecular weight is 1060 g/mol. The first-order chi connectivity index (χ1) is 36.0. The van der Waals surface area contributed by atoms with Crippen LogP contribution >= 0.6 is 7.82 Å². The molecule has 428 valence electrons. The van der Waals surface area contributed by atoms with E-state index in [9.17, 15) is 19.0 Å². The highest BCUT2D eigenvalue weighted by Gasteiger charge is 2.22. The molecule has 10 heteroatoms. The topological polar surface area (TPSA) is 111 Å². The number of phosphoric acid groups is 1. The van der Waals surface area contributed by atoms with Crippen LogP contribution in [-0.4, -0.2) is 70.0 Å². The number of hydrogen-bond donors (Lipinski definition) is 0. The van der Waals surface area contributed by atoms with E-state index in [0.717, 1.165) is 89.9 Å². The summed E-state index contributed by atoms with van der Waals surface area (Å²) in [5.74, 6) is -0.835. The Labute approximate surface area is 456 Å². The SMILES string of the molecule is CC/C=C\C/C=C\C/C=C\C/C=C\C/C=C\C/C=C\CCCCCCCCCCCCCCCCC(=O)OC(COC(=O)CCCCCCCCC/C=C\CCCCCCCC)COP(=O)([O-])OCC[N+](C)(C)C. The van der Waals surface area contributed by atoms with Gasteiger partial charge in [0.1, 0.15) is 19.8 Å². The van der Waals surface area contributed by atoms with Gasteiger partial charge in [-0.15, -0.1) is 0 Å². The van der Waals surface area contributed by atoms with E-state index in [4.69, 9.17) is 18.5 Å². The highest BCUT2D eigenvalue weighted by Crippen LogP contribution is 2.38. The van der Waals surface area contributed by atoms with Gasteiger partial charge in [-0.3, -0.25) is 14.2 Å². The maximum absolute atomic E-state index is 12.8. The second-order valence-electron chi connectivity index (χ2n) is 21.3. The van der Waals surface area contributed by atoms with E-state index in [1.165, 1.54) is 135 Å². The Hall–Kier alpha value is -2.81. The molecule has 0 aromatic carbocycles. The van der Waals surface area contributed by atoms with Crippen LogP contribution in [0.2, 0.25) is 0 Å². The fourth-order valence-corrected chi connectivity index (χ4v) is 8.97. The summed E-state index contributed by atoms with van der Waals surface area (Å²) >= 11 is 0. The number of phosphoric ester groups is 1. The van der Waals surface area contributed by atoms with E-state index in [1.807, 2.05) is 21.1 Å². The van der Waals surface area contributed by atoms with Gasteiger partial charge in [-0.25, -0.2) is 0 Å². The van der Waals surface area contributed by atoms with Gasteiger partial charge in [-0.2, -0.15) is 0 Å². The van der Waals surface area contributed by atoms with Crippen molar-refractivity contribution in [3.63, 3.8) is 0 Å². The Morgan fingerprint density at radius 3 is 1.16 bits per heavy atom. The summed E-state index contributed by atoms with van der Waals surface area (Å²) < 4.78 is 34.2. The predicted molar refractivity (Wildman–Crippen MR) is 314 cm³/mol. The molecular weight excluding hydrogens is 942 g/mol. The number of rotatable bonds is 55. The first-order valence-corrected chi connectivity index (χ1v) is 31.8. The van der Waals surface area contributed by atoms with Crippen LogP contribution in [0.15, 0.2) is 85.1 Å². The molecule has 0 radical (unpaired) electrons. The summed E-state index contributed by atoms with van der Waals surface area (Å²) in [4.78, 5) is 37.9. The summed E-state index contributed by atoms with van der Waals surface area (Å²) in [6.07, 6.45) is 73.5. The zero-order valence-electron chi connectivity index (χ0n) is 48.5. The molecule has 0 amide bonds. The number of ether oxygens (including phenoxy) is 2. The summed E-state index contributed by atoms with van der Waals surface area (Å²) in [5.41, 5.74) is 0. The van der Waals surface area contributed by atoms with Crippen molar-refractivity contribution in [1.82, 2.24) is 0 Å². The van der Waals surface area contributed by atoms with Crippen LogP contribution in [0.3, 0.4) is 0 Å². The van der Waals surface area contributed by atoms with Gasteiger partial charge in [0.25, 0.3) is 7.82 Å². The Morgan fingerprint density at radius 1 is 0.432 bits per heavy atom. The molecule has 74 heavy (non-hydrogen) atoms. The van der Waals surface area contributed by atoms with Crippen LogP contribution in [0.1, 0.15) is 258 Å². The Kier molecular flexibility index (Phi) is 52.9. The van der Waals surface area contributed by atoms with Crippen LogP contribution < -0.4 is 4.89 Å². The van der Waals surface area contributed by atoms with E-state index in [2.05, 4.69) is 98.9 Å². The minimum Gasteiger partial charge on any atom is -0.756 e. The summed E-state index contributed by atoms with van der Waals surface area (Å²) in [7, 11) is 1.16. The second kappa shape index (κ2) is 55.0. The van der Waals surface area contributed by atoms with Gasteiger partial charge >= 0.3 is 11.9 Å². The largest absolute Gasteiger partial charge is 0.756 e. The fourth-order valence-electron chi connectivity index (χ4n) is 8.24. The van der Waals surface area contributed by atoms with Crippen molar-refractivity contribution in [2.24, 2.45) is 0 Å². The predicted octanol–water partition coefficient (Wildman–Crippen LogP) is 18.4. The van der Waals surface area contributed by atoms with E-state index in [0.29, 0.717) is 17.4 Å². The molecule has 0 aromatic heterocycles. The Bertz CT molecular complexity index is 1520. The van der Waals surface area contributed by atoms with Gasteiger partial charge in [0, 0.05) is 12.8 Å². The monoisotopic (exact) mass is 1060 g/mol. The molecule has 0 spiro atoms. The lowest BCUT2D eigenvalue weighted by Crippen LogP contribution is -2.37. The number of unbranched alkanes of at least 4 members (excludes halogenated alkanes) is 27. The summed E-state index contributed by atoms with van der Waals surface area (Å²) in [6, 6.07) is 0. The third-order valence-electron chi connectivity index (χ3n) is 12.9. The molecule has 9 nitrogen and oxygen atoms in total. The number of esters is 2. The summed E-state index contributed by atoms with van der Waals surface area (Å²) in [5, 5.41) is 0. The molecule has 0 rings (SSSR count). The molecular formula is C64H114NO8P. The number of likely N-dealkylation sites (N-methyl/N-ethyl adjacent to an activating group) is 1. The lowest BCUT2D eigenvalue weighted by Gasteiger charge is -2.28. The fraction of sp³-hybridized carbons (Fsp3) is 0.750. The molecule has 0 aromatic rings. The minimum atomic E-state index is -4.64. The van der Waals surface area contributed by atoms with Crippen LogP contribution in [-0.2, 0) is 32.7 Å². The van der Waals surface area contributed by atoms with Gasteiger partial charge in [-0.05, 0) is 89.9 Å². The van der Waals surface area contributed by atoms with E-state index in [-0.39, 0.29) is 32.0 Å². The van der Waals surface area contributed by atoms with E-state index in [1.54, 1.807) is 0 Å². The number of carbonyl (C=O) groups excluding carboxylic acids is 2. The number of nitrogens with zero attached hydrogens (tertiary/aromatic N) is 1. The molecule has 0 heterocycles. The number of quaternary nitrogens is 1. The molecule has 2 atom stereocenters. The second-order valence-corrected chi connectivity index (χ2v) is 22.7. The standard InChI is InChI=1S/C64H114NO8P/c1-6-8-10-12-14-16-18-20-22-24-25-26-27-28-29-30-31-32-33-34-35-36-37-38-39-41-43-45-47-49-51-53-55-57-64(67)73-62(61-72-74(68,69)71-59-58-65(3,4)5)60-70-63(66)56-54-52-50-48-46-44-42-40-23-21-19-17-15-13-11-9-7-2/h8,10,14,16,20-23,25-26,28-29,31-32,62H,6-7,9,11-13,15,17-19,24,27,30,33-61H2,1-5H3/b10-8-,16-14-,22-20-,23-21-,26-25-,29-28-,32-31-. The lowest BCUT2D eigenvalue weighted by molar-refractivity contribution is -0.870. The van der Waals surface area contributed by atoms with Crippen molar-refractivity contribution in [2.75, 3.05) is 47.5 Å². The highest BCUT2D eigenvalue weighted by atomic mass is 31.2. The van der Waals surface area contributed by atoms with Crippen LogP contribution in [0.5, 0.6) is 0 Å². The number of hydrogen-bond acceptors (Lipinski definition) is 8. The Morgan fingerprint density at radius 2 is 0.770 bits per heavy atom. The molecule has 0 aliphatic rings. The van der Waals surface area contributed by atoms with Crippen LogP contribution in [0, 0.1) is 0 Å². The lowest BCUT2D eigenvalue weighted by atomic mass is 10.0. The van der Waals surface area contributed by atoms with Crippen molar-refractivity contribution in [3.05, 3.63) is 85.1 Å². The van der Waals surface area contributed by atoms with Crippen molar-refractivity contribution >= 4 is 19.8 Å². The maximum Gasteiger partial charge on any atom is 0.306 e. The Balaban J connectivity index is 4.09. The first kappa shape index (κ1) is 71.2. The average Bonchev–Trinajstić information content (AvgIpc) is 3.36. The van der Waals surface area contributed by atoms with Gasteiger partial charge in [0.15, 0.2) is 6.10 Å². The van der Waals surface area contributed by atoms with Gasteiger partial charge < -0.3 is 27.9 Å². The molecule has 0 aliphatic carbocycles. The van der Waals surface area contributed by atoms with Crippen molar-refractivity contribution in [3.8, 4) is 0 Å². The van der Waals surface area contributed by atoms with Crippen molar-refractivity contribution < 1.29 is 42.1 Å². The van der Waals surface area contributed by atoms with Crippen LogP contribution in [0.4, 0.5) is 0 Å². The van der Waals surface area contributed by atoms with Gasteiger partial charge in [-0.1, -0.05) is 240 Å². The van der Waals surface area contributed by atoms with E-state index >= 15 is 0 Å². The van der Waals surface area contributed by atoms with Crippen molar-refractivity contribution in [2.45, 2.75) is 264 Å². The number of allylic oxidation sites excluding steroid dienone is 14. The molecule has 2 unspecified atom stereocenters.